The van der Waals surface area contributed by atoms with E-state index in [0.717, 1.165) is 11.1 Å². The lowest BCUT2D eigenvalue weighted by Gasteiger charge is -2.36. The molecule has 0 fully saturated rings. The molecule has 0 saturated carbocycles. The molecular weight excluding hydrogens is 513 g/mol. The number of nitrogens with one attached hydrogen (secondary N) is 1. The van der Waals surface area contributed by atoms with Gasteiger partial charge in [0, 0.05) is 12.7 Å². The highest BCUT2D eigenvalue weighted by Gasteiger charge is 2.37. The van der Waals surface area contributed by atoms with Crippen molar-refractivity contribution < 1.29 is 22.7 Å². The molecule has 8 nitrogen and oxygen atoms in total. The number of benzene rings is 2. The minimum Gasteiger partial charge on any atom is -0.456 e. The van der Waals surface area contributed by atoms with Gasteiger partial charge in [-0.1, -0.05) is 65.7 Å². The van der Waals surface area contributed by atoms with E-state index in [1.165, 1.54) is 28.7 Å². The van der Waals surface area contributed by atoms with Gasteiger partial charge in [-0.25, -0.2) is 13.4 Å². The van der Waals surface area contributed by atoms with Gasteiger partial charge in [0.2, 0.25) is 10.0 Å². The van der Waals surface area contributed by atoms with Crippen LogP contribution < -0.4 is 5.32 Å². The van der Waals surface area contributed by atoms with Crippen LogP contribution in [0.1, 0.15) is 23.6 Å². The second kappa shape index (κ2) is 10.7. The Kier molecular flexibility index (Phi) is 7.71. The summed E-state index contributed by atoms with van der Waals surface area (Å²) in [6, 6.07) is 16.1. The van der Waals surface area contributed by atoms with Crippen LogP contribution in [0.2, 0.25) is 10.0 Å². The molecule has 1 atom stereocenters. The van der Waals surface area contributed by atoms with E-state index in [2.05, 4.69) is 10.3 Å². The quantitative estimate of drug-likeness (QED) is 0.455. The Hall–Kier alpha value is -2.98. The average molecular weight is 534 g/mol. The van der Waals surface area contributed by atoms with Gasteiger partial charge < -0.3 is 10.1 Å². The molecule has 1 aliphatic rings. The molecule has 0 aliphatic carbocycles. The average Bonchev–Trinajstić information content (AvgIpc) is 2.85. The summed E-state index contributed by atoms with van der Waals surface area (Å²) in [5, 5.41) is 2.89. The number of sulfonamides is 1. The van der Waals surface area contributed by atoms with E-state index in [1.807, 2.05) is 12.1 Å². The molecule has 4 rings (SSSR count). The van der Waals surface area contributed by atoms with Crippen LogP contribution in [0.4, 0.5) is 5.82 Å². The van der Waals surface area contributed by atoms with E-state index < -0.39 is 34.5 Å². The molecule has 1 aromatic heterocycles. The van der Waals surface area contributed by atoms with E-state index in [1.54, 1.807) is 30.3 Å². The molecule has 1 amide bonds. The van der Waals surface area contributed by atoms with Crippen molar-refractivity contribution in [3.05, 3.63) is 88.0 Å². The number of pyridine rings is 1. The first-order valence-corrected chi connectivity index (χ1v) is 12.9. The summed E-state index contributed by atoms with van der Waals surface area (Å²) in [7, 11) is -3.87. The summed E-state index contributed by atoms with van der Waals surface area (Å²) < 4.78 is 33.3. The number of hydrogen-bond donors (Lipinski definition) is 1. The number of carbonyl (C=O) groups is 2. The fourth-order valence-electron chi connectivity index (χ4n) is 3.89. The van der Waals surface area contributed by atoms with E-state index >= 15 is 0 Å². The van der Waals surface area contributed by atoms with Crippen LogP contribution in [0.15, 0.2) is 71.8 Å². The Morgan fingerprint density at radius 1 is 1.09 bits per heavy atom. The lowest BCUT2D eigenvalue weighted by molar-refractivity contribution is -0.148. The summed E-state index contributed by atoms with van der Waals surface area (Å²) in [6.07, 6.45) is 1.58. The third kappa shape index (κ3) is 5.82. The van der Waals surface area contributed by atoms with Crippen LogP contribution in [-0.4, -0.2) is 42.7 Å². The van der Waals surface area contributed by atoms with Crippen molar-refractivity contribution in [2.45, 2.75) is 23.8 Å². The monoisotopic (exact) mass is 533 g/mol. The highest BCUT2D eigenvalue weighted by atomic mass is 35.5. The minimum atomic E-state index is -3.87. The predicted octanol–water partition coefficient (Wildman–Crippen LogP) is 4.25. The zero-order valence-electron chi connectivity index (χ0n) is 18.4. The predicted molar refractivity (Wildman–Crippen MR) is 132 cm³/mol. The number of esters is 1. The van der Waals surface area contributed by atoms with Crippen LogP contribution in [0.5, 0.6) is 0 Å². The summed E-state index contributed by atoms with van der Waals surface area (Å²) in [5.74, 6) is -1.28. The molecule has 11 heteroatoms. The normalized spacial score (nSPS) is 15.8. The van der Waals surface area contributed by atoms with Gasteiger partial charge in [-0.3, -0.25) is 9.59 Å². The number of amides is 1. The Morgan fingerprint density at radius 2 is 1.80 bits per heavy atom. The van der Waals surface area contributed by atoms with Crippen molar-refractivity contribution in [3.63, 3.8) is 0 Å². The summed E-state index contributed by atoms with van der Waals surface area (Å²) >= 11 is 11.8. The van der Waals surface area contributed by atoms with E-state index in [-0.39, 0.29) is 28.7 Å². The molecular formula is C24H21Cl2N3O5S. The molecule has 1 N–H and O–H groups in total. The van der Waals surface area contributed by atoms with Crippen LogP contribution in [0, 0.1) is 0 Å². The first-order valence-electron chi connectivity index (χ1n) is 10.7. The molecule has 2 aromatic carbocycles. The standard InChI is InChI=1S/C24H21Cl2N3O5S/c25-17-12-20(26)24(27-14-17)28-22(30)15-34-23(31)13-21-19-9-5-4-6-16(19)10-11-29(21)35(32,33)18-7-2-1-3-8-18/h1-9,12,14,21H,10-11,13,15H2,(H,27,28,30). The number of rotatable bonds is 7. The Balaban J connectivity index is 1.48. The number of hydrogen-bond acceptors (Lipinski definition) is 6. The lowest BCUT2D eigenvalue weighted by Crippen LogP contribution is -2.41. The summed E-state index contributed by atoms with van der Waals surface area (Å²) in [6.45, 7) is -0.368. The van der Waals surface area contributed by atoms with Crippen molar-refractivity contribution in [2.24, 2.45) is 0 Å². The Labute approximate surface area is 212 Å². The molecule has 0 bridgehead atoms. The van der Waals surface area contributed by atoms with Gasteiger partial charge in [0.05, 0.1) is 27.4 Å². The molecule has 2 heterocycles. The third-order valence-electron chi connectivity index (χ3n) is 5.50. The third-order valence-corrected chi connectivity index (χ3v) is 7.92. The number of nitrogens with zero attached hydrogens (tertiary/aromatic N) is 2. The van der Waals surface area contributed by atoms with Crippen molar-refractivity contribution >= 4 is 50.9 Å². The first-order chi connectivity index (χ1) is 16.8. The molecule has 0 spiro atoms. The van der Waals surface area contributed by atoms with Crippen LogP contribution >= 0.6 is 23.2 Å². The highest BCUT2D eigenvalue weighted by molar-refractivity contribution is 7.89. The van der Waals surface area contributed by atoms with Crippen LogP contribution in [0.25, 0.3) is 0 Å². The zero-order valence-corrected chi connectivity index (χ0v) is 20.7. The second-order valence-corrected chi connectivity index (χ2v) is 10.5. The van der Waals surface area contributed by atoms with E-state index in [9.17, 15) is 18.0 Å². The molecule has 1 aliphatic heterocycles. The van der Waals surface area contributed by atoms with Crippen LogP contribution in [0.3, 0.4) is 0 Å². The molecule has 0 saturated heterocycles. The van der Waals surface area contributed by atoms with Crippen molar-refractivity contribution in [1.82, 2.24) is 9.29 Å². The smallest absolute Gasteiger partial charge is 0.308 e. The molecule has 0 radical (unpaired) electrons. The second-order valence-electron chi connectivity index (χ2n) is 7.79. The van der Waals surface area contributed by atoms with Crippen molar-refractivity contribution in [1.29, 1.82) is 0 Å². The zero-order chi connectivity index (χ0) is 25.0. The van der Waals surface area contributed by atoms with Gasteiger partial charge in [-0.05, 0) is 35.7 Å². The van der Waals surface area contributed by atoms with Gasteiger partial charge in [0.25, 0.3) is 5.91 Å². The van der Waals surface area contributed by atoms with Gasteiger partial charge in [0.15, 0.2) is 12.4 Å². The Morgan fingerprint density at radius 3 is 2.54 bits per heavy atom. The van der Waals surface area contributed by atoms with Gasteiger partial charge >= 0.3 is 5.97 Å². The first kappa shape index (κ1) is 25.1. The fraction of sp³-hybridized carbons (Fsp3) is 0.208. The maximum atomic E-state index is 13.4. The van der Waals surface area contributed by atoms with Gasteiger partial charge in [0.1, 0.15) is 0 Å². The van der Waals surface area contributed by atoms with E-state index in [4.69, 9.17) is 27.9 Å². The van der Waals surface area contributed by atoms with Gasteiger partial charge in [-0.2, -0.15) is 4.31 Å². The SMILES string of the molecule is O=C(COC(=O)CC1c2ccccc2CCN1S(=O)(=O)c1ccccc1)Nc1ncc(Cl)cc1Cl. The van der Waals surface area contributed by atoms with Crippen molar-refractivity contribution in [3.8, 4) is 0 Å². The lowest BCUT2D eigenvalue weighted by atomic mass is 9.92. The molecule has 35 heavy (non-hydrogen) atoms. The fourth-order valence-corrected chi connectivity index (χ4v) is 5.95. The largest absolute Gasteiger partial charge is 0.456 e. The molecule has 1 unspecified atom stereocenters. The number of carbonyl (C=O) groups excluding carboxylic acids is 2. The summed E-state index contributed by atoms with van der Waals surface area (Å²) in [5.41, 5.74) is 1.70. The van der Waals surface area contributed by atoms with Crippen molar-refractivity contribution in [2.75, 3.05) is 18.5 Å². The maximum absolute atomic E-state index is 13.4. The number of fused-ring (bicyclic) bond motifs is 1. The Bertz CT molecular complexity index is 1350. The van der Waals surface area contributed by atoms with E-state index in [0.29, 0.717) is 11.4 Å². The maximum Gasteiger partial charge on any atom is 0.308 e. The highest BCUT2D eigenvalue weighted by Crippen LogP contribution is 2.36. The molecule has 182 valence electrons. The number of anilines is 1. The van der Waals surface area contributed by atoms with Gasteiger partial charge in [-0.15, -0.1) is 0 Å². The number of ether oxygens (including phenoxy) is 1. The molecule has 3 aromatic rings. The number of halogens is 2. The number of aromatic nitrogens is 1. The summed E-state index contributed by atoms with van der Waals surface area (Å²) in [4.78, 5) is 29.0. The van der Waals surface area contributed by atoms with Crippen LogP contribution in [-0.2, 0) is 30.8 Å². The minimum absolute atomic E-state index is 0.0819. The topological polar surface area (TPSA) is 106 Å².